The van der Waals surface area contributed by atoms with Crippen molar-refractivity contribution in [2.75, 3.05) is 5.32 Å². The Kier molecular flexibility index (Phi) is 7.73. The fourth-order valence-corrected chi connectivity index (χ4v) is 8.24. The van der Waals surface area contributed by atoms with Crippen molar-refractivity contribution in [3.05, 3.63) is 41.4 Å². The minimum Gasteiger partial charge on any atom is -0.359 e. The predicted octanol–water partition coefficient (Wildman–Crippen LogP) is 5.48. The maximum Gasteiger partial charge on any atom is 0.246 e. The van der Waals surface area contributed by atoms with Gasteiger partial charge in [-0.1, -0.05) is 82.5 Å². The number of benzene rings is 1. The Morgan fingerprint density at radius 3 is 2.38 bits per heavy atom. The number of carbonyl (C=O) groups excluding carboxylic acids is 3. The van der Waals surface area contributed by atoms with Crippen molar-refractivity contribution >= 4 is 35.0 Å². The number of carbonyl (C=O) groups is 3. The number of anilines is 1. The van der Waals surface area contributed by atoms with Gasteiger partial charge in [0.1, 0.15) is 11.6 Å². The SMILES string of the molecule is C[C@H]1[C@H](C)CCC[C@@H]1NC(=O)[C@@H]1N(C2CCCCCCC2)C(=O)[C@@H]2[C@H](C(=O)Nc3ccc(Cl)cc3)[C@@H]3C=C[C@]21O3. The third-order valence-electron chi connectivity index (χ3n) is 10.5. The Hall–Kier alpha value is -2.38. The fraction of sp³-hybridized carbons (Fsp3) is 0.656. The van der Waals surface area contributed by atoms with Crippen molar-refractivity contribution in [2.24, 2.45) is 23.7 Å². The van der Waals surface area contributed by atoms with Gasteiger partial charge in [-0.3, -0.25) is 14.4 Å². The van der Waals surface area contributed by atoms with E-state index >= 15 is 0 Å². The van der Waals surface area contributed by atoms with Gasteiger partial charge in [-0.15, -0.1) is 0 Å². The van der Waals surface area contributed by atoms with E-state index in [2.05, 4.69) is 24.5 Å². The Morgan fingerprint density at radius 1 is 0.950 bits per heavy atom. The summed E-state index contributed by atoms with van der Waals surface area (Å²) in [5, 5.41) is 6.94. The second-order valence-electron chi connectivity index (χ2n) is 12.8. The lowest BCUT2D eigenvalue weighted by Crippen LogP contribution is -2.59. The molecule has 5 aliphatic rings. The number of hydrogen-bond acceptors (Lipinski definition) is 4. The van der Waals surface area contributed by atoms with Gasteiger partial charge >= 0.3 is 0 Å². The van der Waals surface area contributed by atoms with Crippen LogP contribution in [0.1, 0.15) is 78.1 Å². The molecule has 0 radical (unpaired) electrons. The number of ether oxygens (including phenoxy) is 1. The van der Waals surface area contributed by atoms with Crippen molar-refractivity contribution in [1.29, 1.82) is 0 Å². The Morgan fingerprint density at radius 2 is 1.65 bits per heavy atom. The summed E-state index contributed by atoms with van der Waals surface area (Å²) in [4.78, 5) is 44.3. The Bertz CT molecular complexity index is 1160. The van der Waals surface area contributed by atoms with Crippen LogP contribution in [0.4, 0.5) is 5.69 Å². The van der Waals surface area contributed by atoms with Crippen LogP contribution in [0, 0.1) is 23.7 Å². The molecule has 2 saturated carbocycles. The predicted molar refractivity (Wildman–Crippen MR) is 155 cm³/mol. The van der Waals surface area contributed by atoms with Crippen LogP contribution in [0.3, 0.4) is 0 Å². The summed E-state index contributed by atoms with van der Waals surface area (Å²) >= 11 is 6.03. The highest BCUT2D eigenvalue weighted by Gasteiger charge is 2.73. The molecule has 1 aromatic carbocycles. The third kappa shape index (κ3) is 4.77. The van der Waals surface area contributed by atoms with Crippen LogP contribution in [0.15, 0.2) is 36.4 Å². The molecule has 3 amide bonds. The largest absolute Gasteiger partial charge is 0.359 e. The zero-order valence-corrected chi connectivity index (χ0v) is 24.4. The lowest BCUT2D eigenvalue weighted by atomic mass is 9.73. The number of amides is 3. The molecule has 1 spiro atoms. The third-order valence-corrected chi connectivity index (χ3v) is 10.7. The maximum atomic E-state index is 14.4. The first-order chi connectivity index (χ1) is 19.3. The van der Waals surface area contributed by atoms with Crippen molar-refractivity contribution in [2.45, 2.75) is 108 Å². The van der Waals surface area contributed by atoms with Gasteiger partial charge in [-0.05, 0) is 55.4 Å². The average molecular weight is 568 g/mol. The topological polar surface area (TPSA) is 87.7 Å². The minimum atomic E-state index is -1.13. The first-order valence-corrected chi connectivity index (χ1v) is 15.7. The van der Waals surface area contributed by atoms with Gasteiger partial charge in [0.2, 0.25) is 17.7 Å². The number of rotatable bonds is 5. The monoisotopic (exact) mass is 567 g/mol. The highest BCUT2D eigenvalue weighted by molar-refractivity contribution is 6.30. The molecule has 2 N–H and O–H groups in total. The minimum absolute atomic E-state index is 0.0257. The van der Waals surface area contributed by atoms with Crippen LogP contribution in [0.2, 0.25) is 5.02 Å². The number of halogens is 1. The van der Waals surface area contributed by atoms with E-state index in [0.717, 1.165) is 51.4 Å². The van der Waals surface area contributed by atoms with Crippen LogP contribution in [-0.4, -0.2) is 52.5 Å². The molecule has 3 heterocycles. The molecule has 4 fully saturated rings. The smallest absolute Gasteiger partial charge is 0.246 e. The molecule has 2 bridgehead atoms. The standard InChI is InChI=1S/C32H42ClN3O4/c1-19-9-8-12-24(20(19)2)35-30(38)28-32-18-17-25(40-32)26(29(37)34-22-15-13-21(33)14-16-22)27(32)31(39)36(28)23-10-6-4-3-5-7-11-23/h13-20,23-28H,3-12H2,1-2H3,(H,34,37)(H,35,38)/t19-,20+,24+,25+,26-,27+,28+,32+/m1/s1. The molecule has 7 nitrogen and oxygen atoms in total. The summed E-state index contributed by atoms with van der Waals surface area (Å²) in [7, 11) is 0. The van der Waals surface area contributed by atoms with E-state index in [1.807, 2.05) is 17.1 Å². The summed E-state index contributed by atoms with van der Waals surface area (Å²) in [5.74, 6) is -1.02. The van der Waals surface area contributed by atoms with Crippen LogP contribution >= 0.6 is 11.6 Å². The highest BCUT2D eigenvalue weighted by Crippen LogP contribution is 2.56. The zero-order chi connectivity index (χ0) is 28.0. The summed E-state index contributed by atoms with van der Waals surface area (Å²) < 4.78 is 6.58. The first kappa shape index (κ1) is 27.8. The van der Waals surface area contributed by atoms with E-state index in [-0.39, 0.29) is 29.8 Å². The van der Waals surface area contributed by atoms with Crippen molar-refractivity contribution in [3.63, 3.8) is 0 Å². The van der Waals surface area contributed by atoms with Crippen LogP contribution in [0.25, 0.3) is 0 Å². The van der Waals surface area contributed by atoms with E-state index in [1.165, 1.54) is 12.8 Å². The van der Waals surface area contributed by atoms with E-state index < -0.39 is 29.6 Å². The second-order valence-corrected chi connectivity index (χ2v) is 13.3. The Labute approximate surface area is 242 Å². The van der Waals surface area contributed by atoms with Crippen molar-refractivity contribution in [1.82, 2.24) is 10.2 Å². The van der Waals surface area contributed by atoms with Gasteiger partial charge in [0, 0.05) is 22.8 Å². The molecule has 6 rings (SSSR count). The average Bonchev–Trinajstić information content (AvgIpc) is 3.55. The van der Waals surface area contributed by atoms with Gasteiger partial charge in [-0.25, -0.2) is 0 Å². The molecular weight excluding hydrogens is 526 g/mol. The summed E-state index contributed by atoms with van der Waals surface area (Å²) in [6, 6.07) is 6.23. The van der Waals surface area contributed by atoms with Gasteiger partial charge < -0.3 is 20.3 Å². The van der Waals surface area contributed by atoms with Gasteiger partial charge in [0.05, 0.1) is 17.9 Å². The van der Waals surface area contributed by atoms with Crippen LogP contribution in [0.5, 0.6) is 0 Å². The quantitative estimate of drug-likeness (QED) is 0.461. The molecule has 8 atom stereocenters. The molecule has 3 aliphatic heterocycles. The zero-order valence-electron chi connectivity index (χ0n) is 23.6. The maximum absolute atomic E-state index is 14.4. The molecule has 40 heavy (non-hydrogen) atoms. The number of nitrogens with zero attached hydrogens (tertiary/aromatic N) is 1. The second kappa shape index (κ2) is 11.1. The number of likely N-dealkylation sites (tertiary alicyclic amines) is 1. The normalized spacial score (nSPS) is 37.6. The van der Waals surface area contributed by atoms with Crippen LogP contribution in [-0.2, 0) is 19.1 Å². The number of fused-ring (bicyclic) bond motifs is 1. The van der Waals surface area contributed by atoms with Crippen molar-refractivity contribution < 1.29 is 19.1 Å². The van der Waals surface area contributed by atoms with E-state index in [1.54, 1.807) is 24.3 Å². The molecule has 0 unspecified atom stereocenters. The number of nitrogens with one attached hydrogen (secondary N) is 2. The lowest BCUT2D eigenvalue weighted by Gasteiger charge is -2.40. The fourth-order valence-electron chi connectivity index (χ4n) is 8.12. The van der Waals surface area contributed by atoms with Gasteiger partial charge in [-0.2, -0.15) is 0 Å². The first-order valence-electron chi connectivity index (χ1n) is 15.4. The molecule has 2 aliphatic carbocycles. The highest BCUT2D eigenvalue weighted by atomic mass is 35.5. The molecule has 0 aromatic heterocycles. The molecule has 8 heteroatoms. The summed E-state index contributed by atoms with van der Waals surface area (Å²) in [6.07, 6.45) is 13.8. The molecule has 216 valence electrons. The van der Waals surface area contributed by atoms with E-state index in [0.29, 0.717) is 22.5 Å². The number of hydrogen-bond donors (Lipinski definition) is 2. The molecule has 2 saturated heterocycles. The molecule has 1 aromatic rings. The lowest BCUT2D eigenvalue weighted by molar-refractivity contribution is -0.144. The molecular formula is C32H42ClN3O4. The van der Waals surface area contributed by atoms with Gasteiger partial charge in [0.15, 0.2) is 0 Å². The summed E-state index contributed by atoms with van der Waals surface area (Å²) in [5.41, 5.74) is -0.507. The van der Waals surface area contributed by atoms with E-state index in [9.17, 15) is 14.4 Å². The van der Waals surface area contributed by atoms with Crippen LogP contribution < -0.4 is 10.6 Å². The van der Waals surface area contributed by atoms with Gasteiger partial charge in [0.25, 0.3) is 0 Å². The van der Waals surface area contributed by atoms with E-state index in [4.69, 9.17) is 16.3 Å². The van der Waals surface area contributed by atoms with Crippen molar-refractivity contribution in [3.8, 4) is 0 Å². The summed E-state index contributed by atoms with van der Waals surface area (Å²) in [6.45, 7) is 4.48. The Balaban J connectivity index is 1.32.